The summed E-state index contributed by atoms with van der Waals surface area (Å²) in [6, 6.07) is 9.61. The molecule has 3 rings (SSSR count). The van der Waals surface area contributed by atoms with Gasteiger partial charge in [-0.15, -0.1) is 12.4 Å². The zero-order valence-corrected chi connectivity index (χ0v) is 14.0. The molecule has 1 aliphatic rings. The smallest absolute Gasteiger partial charge is 0.228 e. The van der Waals surface area contributed by atoms with E-state index in [1.165, 1.54) is 0 Å². The van der Waals surface area contributed by atoms with Crippen LogP contribution in [0.25, 0.3) is 11.0 Å². The predicted molar refractivity (Wildman–Crippen MR) is 91.6 cm³/mol. The second-order valence-electron chi connectivity index (χ2n) is 5.98. The van der Waals surface area contributed by atoms with Gasteiger partial charge in [0.15, 0.2) is 0 Å². The Balaban J connectivity index is 0.00000192. The lowest BCUT2D eigenvalue weighted by molar-refractivity contribution is -0.136. The average Bonchev–Trinajstić information content (AvgIpc) is 2.99. The molecule has 1 aromatic carbocycles. The van der Waals surface area contributed by atoms with E-state index in [-0.39, 0.29) is 24.4 Å². The molecule has 1 unspecified atom stereocenters. The highest BCUT2D eigenvalue weighted by Crippen LogP contribution is 2.31. The quantitative estimate of drug-likeness (QED) is 0.898. The maximum absolute atomic E-state index is 12.7. The van der Waals surface area contributed by atoms with Crippen molar-refractivity contribution in [3.8, 4) is 0 Å². The summed E-state index contributed by atoms with van der Waals surface area (Å²) in [5.74, 6) is 0.750. The lowest BCUT2D eigenvalue weighted by Gasteiger charge is -2.35. The van der Waals surface area contributed by atoms with Gasteiger partial charge in [-0.2, -0.15) is 0 Å². The maximum atomic E-state index is 12.7. The van der Waals surface area contributed by atoms with E-state index in [9.17, 15) is 4.79 Å². The van der Waals surface area contributed by atoms with Crippen molar-refractivity contribution in [2.24, 2.45) is 11.1 Å². The molecule has 0 aliphatic carbocycles. The van der Waals surface area contributed by atoms with E-state index in [2.05, 4.69) is 5.32 Å². The Kier molecular flexibility index (Phi) is 5.68. The number of nitrogens with two attached hydrogens (primary N) is 1. The number of para-hydroxylation sites is 1. The Morgan fingerprint density at radius 2 is 2.04 bits per heavy atom. The molecule has 1 aliphatic heterocycles. The molecule has 23 heavy (non-hydrogen) atoms. The van der Waals surface area contributed by atoms with Gasteiger partial charge in [0.2, 0.25) is 5.91 Å². The SMILES string of the molecule is CC(NC(=O)C1(CN)CCOCC1)c1cc2ccccc2o1.Cl. The van der Waals surface area contributed by atoms with E-state index in [1.54, 1.807) is 0 Å². The van der Waals surface area contributed by atoms with Crippen LogP contribution in [0.4, 0.5) is 0 Å². The van der Waals surface area contributed by atoms with Crippen molar-refractivity contribution in [3.05, 3.63) is 36.1 Å². The van der Waals surface area contributed by atoms with Gasteiger partial charge in [0, 0.05) is 25.1 Å². The van der Waals surface area contributed by atoms with Gasteiger partial charge in [0.05, 0.1) is 11.5 Å². The highest BCUT2D eigenvalue weighted by atomic mass is 35.5. The van der Waals surface area contributed by atoms with Crippen molar-refractivity contribution in [2.75, 3.05) is 19.8 Å². The van der Waals surface area contributed by atoms with Crippen molar-refractivity contribution in [1.29, 1.82) is 0 Å². The van der Waals surface area contributed by atoms with Gasteiger partial charge >= 0.3 is 0 Å². The van der Waals surface area contributed by atoms with Gasteiger partial charge in [0.25, 0.3) is 0 Å². The molecule has 1 aromatic heterocycles. The van der Waals surface area contributed by atoms with Crippen LogP contribution in [0.1, 0.15) is 31.6 Å². The lowest BCUT2D eigenvalue weighted by Crippen LogP contribution is -2.49. The third kappa shape index (κ3) is 3.52. The minimum Gasteiger partial charge on any atom is -0.459 e. The monoisotopic (exact) mass is 338 g/mol. The number of benzene rings is 1. The second kappa shape index (κ2) is 7.34. The fraction of sp³-hybridized carbons (Fsp3) is 0.471. The lowest BCUT2D eigenvalue weighted by atomic mass is 9.79. The molecule has 1 atom stereocenters. The number of hydrogen-bond donors (Lipinski definition) is 2. The van der Waals surface area contributed by atoms with Crippen molar-refractivity contribution in [1.82, 2.24) is 5.32 Å². The number of furan rings is 1. The van der Waals surface area contributed by atoms with Crippen LogP contribution in [-0.4, -0.2) is 25.7 Å². The molecule has 5 nitrogen and oxygen atoms in total. The average molecular weight is 339 g/mol. The van der Waals surface area contributed by atoms with Crippen molar-refractivity contribution in [3.63, 3.8) is 0 Å². The number of amides is 1. The first kappa shape index (κ1) is 17.8. The van der Waals surface area contributed by atoms with Crippen LogP contribution in [0.2, 0.25) is 0 Å². The number of carbonyl (C=O) groups is 1. The fourth-order valence-corrected chi connectivity index (χ4v) is 2.92. The summed E-state index contributed by atoms with van der Waals surface area (Å²) in [4.78, 5) is 12.7. The van der Waals surface area contributed by atoms with Gasteiger partial charge in [-0.25, -0.2) is 0 Å². The summed E-state index contributed by atoms with van der Waals surface area (Å²) in [6.07, 6.45) is 1.34. The first-order valence-corrected chi connectivity index (χ1v) is 7.72. The van der Waals surface area contributed by atoms with Crippen molar-refractivity contribution < 1.29 is 13.9 Å². The number of ether oxygens (including phenoxy) is 1. The summed E-state index contributed by atoms with van der Waals surface area (Å²) in [5.41, 5.74) is 6.19. The van der Waals surface area contributed by atoms with Gasteiger partial charge in [-0.1, -0.05) is 18.2 Å². The number of fused-ring (bicyclic) bond motifs is 1. The van der Waals surface area contributed by atoms with Gasteiger partial charge < -0.3 is 20.2 Å². The van der Waals surface area contributed by atoms with E-state index in [0.717, 1.165) is 16.7 Å². The first-order valence-electron chi connectivity index (χ1n) is 7.72. The number of rotatable bonds is 4. The van der Waals surface area contributed by atoms with Crippen LogP contribution in [0.3, 0.4) is 0 Å². The normalized spacial score (nSPS) is 18.2. The molecule has 1 saturated heterocycles. The molecule has 1 fully saturated rings. The van der Waals surface area contributed by atoms with Crippen LogP contribution in [0, 0.1) is 5.41 Å². The molecule has 0 spiro atoms. The summed E-state index contributed by atoms with van der Waals surface area (Å²) < 4.78 is 11.2. The zero-order chi connectivity index (χ0) is 15.6. The van der Waals surface area contributed by atoms with E-state index in [4.69, 9.17) is 14.9 Å². The molecule has 1 amide bonds. The van der Waals surface area contributed by atoms with E-state index < -0.39 is 5.41 Å². The Hall–Kier alpha value is -1.56. The van der Waals surface area contributed by atoms with Crippen LogP contribution in [-0.2, 0) is 9.53 Å². The molecule has 126 valence electrons. The maximum Gasteiger partial charge on any atom is 0.228 e. The number of carbonyl (C=O) groups excluding carboxylic acids is 1. The summed E-state index contributed by atoms with van der Waals surface area (Å²) in [5, 5.41) is 4.09. The zero-order valence-electron chi connectivity index (χ0n) is 13.2. The van der Waals surface area contributed by atoms with Crippen LogP contribution >= 0.6 is 12.4 Å². The number of nitrogens with one attached hydrogen (secondary N) is 1. The molecule has 2 heterocycles. The Morgan fingerprint density at radius 3 is 2.70 bits per heavy atom. The topological polar surface area (TPSA) is 77.5 Å². The van der Waals surface area contributed by atoms with Crippen molar-refractivity contribution in [2.45, 2.75) is 25.8 Å². The third-order valence-corrected chi connectivity index (χ3v) is 4.54. The predicted octanol–water partition coefficient (Wildman–Crippen LogP) is 2.79. The number of halogens is 1. The van der Waals surface area contributed by atoms with Gasteiger partial charge in [-0.05, 0) is 31.9 Å². The molecule has 3 N–H and O–H groups in total. The fourth-order valence-electron chi connectivity index (χ4n) is 2.92. The molecule has 0 saturated carbocycles. The van der Waals surface area contributed by atoms with Crippen LogP contribution < -0.4 is 11.1 Å². The third-order valence-electron chi connectivity index (χ3n) is 4.54. The molecular weight excluding hydrogens is 316 g/mol. The van der Waals surface area contributed by atoms with Crippen molar-refractivity contribution >= 4 is 29.3 Å². The first-order chi connectivity index (χ1) is 10.6. The van der Waals surface area contributed by atoms with Gasteiger partial charge in [-0.3, -0.25) is 4.79 Å². The highest BCUT2D eigenvalue weighted by molar-refractivity contribution is 5.85. The van der Waals surface area contributed by atoms with Crippen LogP contribution in [0.5, 0.6) is 0 Å². The summed E-state index contributed by atoms with van der Waals surface area (Å²) in [7, 11) is 0. The minimum absolute atomic E-state index is 0. The Labute approximate surface area is 142 Å². The molecule has 0 radical (unpaired) electrons. The molecule has 2 aromatic rings. The minimum atomic E-state index is -0.515. The second-order valence-corrected chi connectivity index (χ2v) is 5.98. The van der Waals surface area contributed by atoms with E-state index in [1.807, 2.05) is 37.3 Å². The largest absolute Gasteiger partial charge is 0.459 e. The Morgan fingerprint density at radius 1 is 1.35 bits per heavy atom. The Bertz CT molecular complexity index is 632. The molecule has 6 heteroatoms. The summed E-state index contributed by atoms with van der Waals surface area (Å²) >= 11 is 0. The van der Waals surface area contributed by atoms with Crippen LogP contribution in [0.15, 0.2) is 34.7 Å². The molecular formula is C17H23ClN2O3. The number of hydrogen-bond acceptors (Lipinski definition) is 4. The molecule has 0 bridgehead atoms. The van der Waals surface area contributed by atoms with Gasteiger partial charge in [0.1, 0.15) is 11.3 Å². The highest BCUT2D eigenvalue weighted by Gasteiger charge is 2.39. The standard InChI is InChI=1S/C17H22N2O3.ClH/c1-12(15-10-13-4-2-3-5-14(13)22-15)19-16(20)17(11-18)6-8-21-9-7-17;/h2-5,10,12H,6-9,11,18H2,1H3,(H,19,20);1H. The van der Waals surface area contributed by atoms with E-state index >= 15 is 0 Å². The van der Waals surface area contributed by atoms with E-state index in [0.29, 0.717) is 32.6 Å². The summed E-state index contributed by atoms with van der Waals surface area (Å²) in [6.45, 7) is 3.45.